The zero-order valence-electron chi connectivity index (χ0n) is 18.2. The minimum absolute atomic E-state index is 0.175. The summed E-state index contributed by atoms with van der Waals surface area (Å²) in [6, 6.07) is 13.6. The van der Waals surface area contributed by atoms with Gasteiger partial charge in [-0.1, -0.05) is 23.4 Å². The lowest BCUT2D eigenvalue weighted by molar-refractivity contribution is 0.0735. The van der Waals surface area contributed by atoms with Crippen LogP contribution in [0.1, 0.15) is 27.3 Å². The Balaban J connectivity index is 1.27. The molecular weight excluding hydrogens is 438 g/mol. The highest BCUT2D eigenvalue weighted by molar-refractivity contribution is 7.13. The van der Waals surface area contributed by atoms with Crippen LogP contribution in [0, 0.1) is 25.2 Å². The number of anilines is 1. The summed E-state index contributed by atoms with van der Waals surface area (Å²) in [5, 5.41) is 15.4. The number of amides is 1. The van der Waals surface area contributed by atoms with Gasteiger partial charge < -0.3 is 18.7 Å². The van der Waals surface area contributed by atoms with E-state index in [-0.39, 0.29) is 17.3 Å². The number of nitrogens with zero attached hydrogens (tertiary/aromatic N) is 5. The number of nitriles is 1. The van der Waals surface area contributed by atoms with Crippen LogP contribution < -0.4 is 4.90 Å². The average Bonchev–Trinajstić information content (AvgIpc) is 3.60. The average molecular weight is 460 g/mol. The molecule has 0 aliphatic carbocycles. The largest absolute Gasteiger partial charge is 0.418 e. The molecule has 0 bridgehead atoms. The number of carbonyl (C=O) groups excluding carboxylic acids is 1. The molecule has 0 unspecified atom stereocenters. The Morgan fingerprint density at radius 3 is 2.64 bits per heavy atom. The topological polar surface area (TPSA) is 99.4 Å². The summed E-state index contributed by atoms with van der Waals surface area (Å²) in [5.41, 5.74) is 3.78. The van der Waals surface area contributed by atoms with E-state index in [1.54, 1.807) is 11.0 Å². The highest BCUT2D eigenvalue weighted by atomic mass is 32.1. The zero-order valence-corrected chi connectivity index (χ0v) is 19.1. The van der Waals surface area contributed by atoms with Crippen molar-refractivity contribution in [3.63, 3.8) is 0 Å². The minimum atomic E-state index is -0.175. The number of carbonyl (C=O) groups is 1. The van der Waals surface area contributed by atoms with Crippen LogP contribution in [0.15, 0.2) is 50.7 Å². The molecule has 1 amide bonds. The van der Waals surface area contributed by atoms with E-state index in [1.165, 1.54) is 16.9 Å². The molecule has 0 atom stereocenters. The molecule has 0 spiro atoms. The lowest BCUT2D eigenvalue weighted by Crippen LogP contribution is -2.49. The van der Waals surface area contributed by atoms with Gasteiger partial charge in [-0.05, 0) is 42.5 Å². The van der Waals surface area contributed by atoms with Gasteiger partial charge in [0.05, 0.1) is 4.88 Å². The number of benzene rings is 1. The van der Waals surface area contributed by atoms with Gasteiger partial charge >= 0.3 is 0 Å². The lowest BCUT2D eigenvalue weighted by atomic mass is 10.0. The summed E-state index contributed by atoms with van der Waals surface area (Å²) < 4.78 is 11.4. The molecule has 1 aromatic carbocycles. The van der Waals surface area contributed by atoms with Crippen molar-refractivity contribution in [2.75, 3.05) is 31.1 Å². The van der Waals surface area contributed by atoms with Crippen LogP contribution in [-0.2, 0) is 0 Å². The molecule has 1 fully saturated rings. The van der Waals surface area contributed by atoms with Gasteiger partial charge in [0.1, 0.15) is 6.07 Å². The maximum atomic E-state index is 13.0. The number of aromatic nitrogens is 2. The Labute approximate surface area is 194 Å². The summed E-state index contributed by atoms with van der Waals surface area (Å²) in [5.74, 6) is 1.29. The van der Waals surface area contributed by atoms with Crippen molar-refractivity contribution >= 4 is 23.1 Å². The third kappa shape index (κ3) is 4.01. The van der Waals surface area contributed by atoms with Crippen molar-refractivity contribution in [3.8, 4) is 28.2 Å². The van der Waals surface area contributed by atoms with Gasteiger partial charge in [-0.25, -0.2) is 0 Å². The van der Waals surface area contributed by atoms with Gasteiger partial charge in [-0.3, -0.25) is 4.79 Å². The number of piperazine rings is 1. The van der Waals surface area contributed by atoms with Crippen molar-refractivity contribution in [3.05, 3.63) is 64.3 Å². The predicted molar refractivity (Wildman–Crippen MR) is 124 cm³/mol. The molecule has 0 radical (unpaired) electrons. The van der Waals surface area contributed by atoms with Gasteiger partial charge in [0.2, 0.25) is 17.5 Å². The molecule has 166 valence electrons. The van der Waals surface area contributed by atoms with Crippen molar-refractivity contribution in [2.24, 2.45) is 0 Å². The maximum absolute atomic E-state index is 13.0. The number of hydrogen-bond acceptors (Lipinski definition) is 8. The summed E-state index contributed by atoms with van der Waals surface area (Å²) >= 11 is 1.51. The standard InChI is InChI=1S/C24H21N5O3S/c1-15-5-6-17(12-16(15)2)20-13-18(27-32-20)23(30)28-7-9-29(10-8-28)24-19(14-25)26-22(31-24)21-4-3-11-33-21/h3-6,11-13H,7-10H2,1-2H3. The van der Waals surface area contributed by atoms with E-state index in [0.29, 0.717) is 43.7 Å². The fraction of sp³-hybridized carbons (Fsp3) is 0.250. The van der Waals surface area contributed by atoms with Crippen LogP contribution in [0.25, 0.3) is 22.1 Å². The summed E-state index contributed by atoms with van der Waals surface area (Å²) in [6.45, 7) is 6.10. The highest BCUT2D eigenvalue weighted by Gasteiger charge is 2.28. The third-order valence-electron chi connectivity index (χ3n) is 5.82. The molecule has 8 nitrogen and oxygen atoms in total. The predicted octanol–water partition coefficient (Wildman–Crippen LogP) is 4.51. The highest BCUT2D eigenvalue weighted by Crippen LogP contribution is 2.31. The van der Waals surface area contributed by atoms with Crippen LogP contribution in [0.4, 0.5) is 5.88 Å². The summed E-state index contributed by atoms with van der Waals surface area (Å²) in [6.07, 6.45) is 0. The second-order valence-corrected chi connectivity index (χ2v) is 8.86. The van der Waals surface area contributed by atoms with Crippen molar-refractivity contribution < 1.29 is 13.7 Å². The van der Waals surface area contributed by atoms with Crippen LogP contribution in [0.2, 0.25) is 0 Å². The van der Waals surface area contributed by atoms with Crippen LogP contribution >= 0.6 is 11.3 Å². The number of rotatable bonds is 4. The van der Waals surface area contributed by atoms with Crippen LogP contribution in [0.3, 0.4) is 0 Å². The Morgan fingerprint density at radius 1 is 1.12 bits per heavy atom. The molecule has 0 N–H and O–H groups in total. The number of oxazole rings is 1. The fourth-order valence-corrected chi connectivity index (χ4v) is 4.44. The fourth-order valence-electron chi connectivity index (χ4n) is 3.79. The van der Waals surface area contributed by atoms with E-state index in [0.717, 1.165) is 16.0 Å². The van der Waals surface area contributed by atoms with Gasteiger partial charge in [0.15, 0.2) is 11.5 Å². The first-order valence-electron chi connectivity index (χ1n) is 10.6. The van der Waals surface area contributed by atoms with E-state index < -0.39 is 0 Å². The first kappa shape index (κ1) is 21.0. The number of thiophene rings is 1. The zero-order chi connectivity index (χ0) is 22.9. The molecule has 1 aliphatic heterocycles. The minimum Gasteiger partial charge on any atom is -0.418 e. The van der Waals surface area contributed by atoms with E-state index in [9.17, 15) is 10.1 Å². The quantitative estimate of drug-likeness (QED) is 0.443. The van der Waals surface area contributed by atoms with Crippen molar-refractivity contribution in [1.29, 1.82) is 5.26 Å². The third-order valence-corrected chi connectivity index (χ3v) is 6.68. The monoisotopic (exact) mass is 459 g/mol. The molecule has 1 aliphatic rings. The van der Waals surface area contributed by atoms with E-state index in [2.05, 4.69) is 23.1 Å². The number of aryl methyl sites for hydroxylation is 2. The molecule has 1 saturated heterocycles. The molecule has 33 heavy (non-hydrogen) atoms. The molecule has 9 heteroatoms. The van der Waals surface area contributed by atoms with Gasteiger partial charge in [0, 0.05) is 37.8 Å². The normalized spacial score (nSPS) is 13.8. The SMILES string of the molecule is Cc1ccc(-c2cc(C(=O)N3CCN(c4oc(-c5cccs5)nc4C#N)CC3)no2)cc1C. The van der Waals surface area contributed by atoms with Gasteiger partial charge in [0.25, 0.3) is 5.91 Å². The molecule has 4 aromatic rings. The van der Waals surface area contributed by atoms with Crippen LogP contribution in [0.5, 0.6) is 0 Å². The molecule has 5 rings (SSSR count). The van der Waals surface area contributed by atoms with E-state index in [4.69, 9.17) is 8.94 Å². The Hall–Kier alpha value is -3.90. The second-order valence-electron chi connectivity index (χ2n) is 7.92. The van der Waals surface area contributed by atoms with Crippen molar-refractivity contribution in [2.45, 2.75) is 13.8 Å². The molecule has 3 aromatic heterocycles. The second kappa shape index (κ2) is 8.56. The Morgan fingerprint density at radius 2 is 1.94 bits per heavy atom. The van der Waals surface area contributed by atoms with Gasteiger partial charge in [-0.2, -0.15) is 10.2 Å². The molecular formula is C24H21N5O3S. The van der Waals surface area contributed by atoms with E-state index in [1.807, 2.05) is 47.5 Å². The molecule has 4 heterocycles. The first-order valence-corrected chi connectivity index (χ1v) is 11.4. The number of hydrogen-bond donors (Lipinski definition) is 0. The smallest absolute Gasteiger partial charge is 0.276 e. The Kier molecular flexibility index (Phi) is 5.44. The summed E-state index contributed by atoms with van der Waals surface area (Å²) in [4.78, 5) is 21.9. The molecule has 0 saturated carbocycles. The lowest BCUT2D eigenvalue weighted by Gasteiger charge is -2.34. The summed E-state index contributed by atoms with van der Waals surface area (Å²) in [7, 11) is 0. The Bertz CT molecular complexity index is 1340. The first-order chi connectivity index (χ1) is 16.0. The van der Waals surface area contributed by atoms with Crippen molar-refractivity contribution in [1.82, 2.24) is 15.0 Å². The van der Waals surface area contributed by atoms with Crippen LogP contribution in [-0.4, -0.2) is 47.1 Å². The maximum Gasteiger partial charge on any atom is 0.276 e. The van der Waals surface area contributed by atoms with E-state index >= 15 is 0 Å². The van der Waals surface area contributed by atoms with Gasteiger partial charge in [-0.15, -0.1) is 11.3 Å².